The molecular weight excluding hydrogens is 200 g/mol. The van der Waals surface area contributed by atoms with Crippen LogP contribution in [0.3, 0.4) is 0 Å². The summed E-state index contributed by atoms with van der Waals surface area (Å²) in [5.74, 6) is 5.67. The molecule has 1 saturated heterocycles. The molecule has 4 heteroatoms. The molecule has 0 aromatic rings. The van der Waals surface area contributed by atoms with Gasteiger partial charge in [0, 0.05) is 18.6 Å². The van der Waals surface area contributed by atoms with Crippen LogP contribution in [0.1, 0.15) is 19.3 Å². The van der Waals surface area contributed by atoms with Gasteiger partial charge >= 0.3 is 0 Å². The number of hydrazine groups is 1. The third kappa shape index (κ3) is 3.87. The molecule has 0 aliphatic carbocycles. The second kappa shape index (κ2) is 7.01. The fourth-order valence-electron chi connectivity index (χ4n) is 2.42. The van der Waals surface area contributed by atoms with Crippen molar-refractivity contribution < 1.29 is 0 Å². The van der Waals surface area contributed by atoms with Gasteiger partial charge in [-0.15, -0.1) is 6.58 Å². The minimum Gasteiger partial charge on any atom is -0.305 e. The maximum Gasteiger partial charge on any atom is 0.0386 e. The minimum absolute atomic E-state index is 0.351. The lowest BCUT2D eigenvalue weighted by Gasteiger charge is -2.34. The summed E-state index contributed by atoms with van der Waals surface area (Å²) in [5.41, 5.74) is 2.97. The highest BCUT2D eigenvalue weighted by Gasteiger charge is 2.27. The van der Waals surface area contributed by atoms with Crippen LogP contribution < -0.4 is 11.3 Å². The summed E-state index contributed by atoms with van der Waals surface area (Å²) in [6.45, 7) is 7.19. The number of allylic oxidation sites excluding steroid dienone is 1. The molecule has 0 saturated carbocycles. The van der Waals surface area contributed by atoms with Crippen LogP contribution in [-0.4, -0.2) is 55.6 Å². The number of rotatable bonds is 5. The molecule has 94 valence electrons. The highest BCUT2D eigenvalue weighted by Crippen LogP contribution is 2.13. The second-order valence-electron chi connectivity index (χ2n) is 4.80. The predicted octanol–water partition coefficient (Wildman–Crippen LogP) is 0.420. The van der Waals surface area contributed by atoms with Gasteiger partial charge in [0.05, 0.1) is 0 Å². The van der Waals surface area contributed by atoms with Crippen LogP contribution in [-0.2, 0) is 0 Å². The first kappa shape index (κ1) is 13.6. The average Bonchev–Trinajstić information content (AvgIpc) is 2.43. The molecule has 1 aliphatic rings. The summed E-state index contributed by atoms with van der Waals surface area (Å²) in [6.07, 6.45) is 5.28. The van der Waals surface area contributed by atoms with E-state index >= 15 is 0 Å². The van der Waals surface area contributed by atoms with E-state index in [0.29, 0.717) is 12.1 Å². The van der Waals surface area contributed by atoms with Gasteiger partial charge in [-0.25, -0.2) is 0 Å². The van der Waals surface area contributed by atoms with E-state index < -0.39 is 0 Å². The molecule has 0 spiro atoms. The van der Waals surface area contributed by atoms with Gasteiger partial charge in [-0.3, -0.25) is 11.3 Å². The van der Waals surface area contributed by atoms with Crippen molar-refractivity contribution in [1.82, 2.24) is 15.2 Å². The van der Waals surface area contributed by atoms with E-state index in [9.17, 15) is 0 Å². The van der Waals surface area contributed by atoms with Gasteiger partial charge in [-0.2, -0.15) is 0 Å². The Morgan fingerprint density at radius 1 is 1.50 bits per heavy atom. The van der Waals surface area contributed by atoms with Crippen molar-refractivity contribution in [1.29, 1.82) is 0 Å². The van der Waals surface area contributed by atoms with Crippen molar-refractivity contribution in [2.24, 2.45) is 5.84 Å². The molecule has 1 aliphatic heterocycles. The summed E-state index contributed by atoms with van der Waals surface area (Å²) in [6, 6.07) is 0.848. The largest absolute Gasteiger partial charge is 0.305 e. The van der Waals surface area contributed by atoms with Gasteiger partial charge < -0.3 is 9.80 Å². The first-order chi connectivity index (χ1) is 7.69. The Bertz CT molecular complexity index is 207. The normalized spacial score (nSPS) is 26.3. The van der Waals surface area contributed by atoms with Crippen LogP contribution in [0.2, 0.25) is 0 Å². The van der Waals surface area contributed by atoms with Crippen LogP contribution in [0.15, 0.2) is 12.7 Å². The maximum atomic E-state index is 5.67. The van der Waals surface area contributed by atoms with E-state index in [-0.39, 0.29) is 0 Å². The van der Waals surface area contributed by atoms with Crippen LogP contribution >= 0.6 is 0 Å². The van der Waals surface area contributed by atoms with Gasteiger partial charge in [0.25, 0.3) is 0 Å². The zero-order valence-corrected chi connectivity index (χ0v) is 10.7. The molecule has 0 aromatic carbocycles. The fourth-order valence-corrected chi connectivity index (χ4v) is 2.42. The van der Waals surface area contributed by atoms with Gasteiger partial charge in [-0.05, 0) is 46.4 Å². The highest BCUT2D eigenvalue weighted by atomic mass is 15.3. The van der Waals surface area contributed by atoms with Gasteiger partial charge in [-0.1, -0.05) is 6.08 Å². The smallest absolute Gasteiger partial charge is 0.0386 e. The third-order valence-electron chi connectivity index (χ3n) is 3.48. The van der Waals surface area contributed by atoms with Crippen LogP contribution in [0.25, 0.3) is 0 Å². The summed E-state index contributed by atoms with van der Waals surface area (Å²) >= 11 is 0. The van der Waals surface area contributed by atoms with E-state index in [1.807, 2.05) is 6.08 Å². The number of hydrogen-bond acceptors (Lipinski definition) is 4. The Labute approximate surface area is 99.4 Å². The quantitative estimate of drug-likeness (QED) is 0.405. The molecule has 2 unspecified atom stereocenters. The number of nitrogens with zero attached hydrogens (tertiary/aromatic N) is 2. The maximum absolute atomic E-state index is 5.67. The minimum atomic E-state index is 0.351. The van der Waals surface area contributed by atoms with E-state index in [4.69, 9.17) is 5.84 Å². The molecule has 2 atom stereocenters. The standard InChI is InChI=1S/C12H26N4/c1-4-5-7-11(14-13)12-10-15(2)8-6-9-16(12)3/h4,11-12,14H,1,5-10,13H2,2-3H3. The first-order valence-electron chi connectivity index (χ1n) is 6.14. The van der Waals surface area contributed by atoms with E-state index in [0.717, 1.165) is 25.9 Å². The topological polar surface area (TPSA) is 44.5 Å². The van der Waals surface area contributed by atoms with Gasteiger partial charge in [0.1, 0.15) is 0 Å². The predicted molar refractivity (Wildman–Crippen MR) is 69.1 cm³/mol. The lowest BCUT2D eigenvalue weighted by molar-refractivity contribution is 0.173. The molecule has 0 amide bonds. The highest BCUT2D eigenvalue weighted by molar-refractivity contribution is 4.87. The van der Waals surface area contributed by atoms with E-state index in [1.165, 1.54) is 13.0 Å². The summed E-state index contributed by atoms with van der Waals surface area (Å²) in [5, 5.41) is 0. The SMILES string of the molecule is C=CCCC(NN)C1CN(C)CCCN1C. The molecule has 4 nitrogen and oxygen atoms in total. The average molecular weight is 226 g/mol. The molecule has 16 heavy (non-hydrogen) atoms. The summed E-state index contributed by atoms with van der Waals surface area (Å²) < 4.78 is 0. The van der Waals surface area contributed by atoms with E-state index in [1.54, 1.807) is 0 Å². The molecule has 0 aromatic heterocycles. The van der Waals surface area contributed by atoms with Crippen LogP contribution in [0.4, 0.5) is 0 Å². The molecule has 3 N–H and O–H groups in total. The van der Waals surface area contributed by atoms with E-state index in [2.05, 4.69) is 35.9 Å². The molecular formula is C12H26N4. The summed E-state index contributed by atoms with van der Waals surface area (Å²) in [7, 11) is 4.38. The second-order valence-corrected chi connectivity index (χ2v) is 4.80. The number of nitrogens with one attached hydrogen (secondary N) is 1. The lowest BCUT2D eigenvalue weighted by Crippen LogP contribution is -2.54. The van der Waals surface area contributed by atoms with Crippen molar-refractivity contribution in [3.8, 4) is 0 Å². The third-order valence-corrected chi connectivity index (χ3v) is 3.48. The molecule has 1 heterocycles. The fraction of sp³-hybridized carbons (Fsp3) is 0.833. The Kier molecular flexibility index (Phi) is 5.98. The monoisotopic (exact) mass is 226 g/mol. The number of hydrogen-bond donors (Lipinski definition) is 2. The van der Waals surface area contributed by atoms with Crippen molar-refractivity contribution in [2.45, 2.75) is 31.3 Å². The Balaban J connectivity index is 2.59. The zero-order chi connectivity index (χ0) is 12.0. The number of likely N-dealkylation sites (N-methyl/N-ethyl adjacent to an activating group) is 2. The Hall–Kier alpha value is -0.420. The molecule has 1 fully saturated rings. The lowest BCUT2D eigenvalue weighted by atomic mass is 10.0. The Morgan fingerprint density at radius 3 is 2.88 bits per heavy atom. The van der Waals surface area contributed by atoms with Crippen molar-refractivity contribution in [3.05, 3.63) is 12.7 Å². The van der Waals surface area contributed by atoms with Crippen LogP contribution in [0, 0.1) is 0 Å². The van der Waals surface area contributed by atoms with Crippen molar-refractivity contribution >= 4 is 0 Å². The van der Waals surface area contributed by atoms with Gasteiger partial charge in [0.2, 0.25) is 0 Å². The summed E-state index contributed by atoms with van der Waals surface area (Å²) in [4.78, 5) is 4.82. The molecule has 0 radical (unpaired) electrons. The Morgan fingerprint density at radius 2 is 2.25 bits per heavy atom. The van der Waals surface area contributed by atoms with Gasteiger partial charge in [0.15, 0.2) is 0 Å². The first-order valence-corrected chi connectivity index (χ1v) is 6.14. The molecule has 1 rings (SSSR count). The number of nitrogens with two attached hydrogens (primary N) is 1. The van der Waals surface area contributed by atoms with Crippen LogP contribution in [0.5, 0.6) is 0 Å². The molecule has 0 bridgehead atoms. The van der Waals surface area contributed by atoms with Crippen molar-refractivity contribution in [3.63, 3.8) is 0 Å². The van der Waals surface area contributed by atoms with Crippen molar-refractivity contribution in [2.75, 3.05) is 33.7 Å². The zero-order valence-electron chi connectivity index (χ0n) is 10.7.